The molecule has 5 heteroatoms. The minimum Gasteiger partial charge on any atom is -0.340 e. The van der Waals surface area contributed by atoms with E-state index in [4.69, 9.17) is 23.2 Å². The fraction of sp³-hybridized carbons (Fsp3) is 0.286. The van der Waals surface area contributed by atoms with Gasteiger partial charge in [-0.2, -0.15) is 0 Å². The number of hydrogen-bond acceptors (Lipinski definition) is 3. The zero-order valence-electron chi connectivity index (χ0n) is 11.0. The lowest BCUT2D eigenvalue weighted by molar-refractivity contribution is 0.776. The molecule has 0 bridgehead atoms. The molecule has 1 N–H and O–H groups in total. The molecule has 0 spiro atoms. The van der Waals surface area contributed by atoms with Crippen LogP contribution in [0.15, 0.2) is 24.3 Å². The van der Waals surface area contributed by atoms with E-state index in [1.165, 1.54) is 0 Å². The van der Waals surface area contributed by atoms with Gasteiger partial charge in [0, 0.05) is 22.7 Å². The number of aryl methyl sites for hydroxylation is 1. The Morgan fingerprint density at radius 1 is 1.11 bits per heavy atom. The molecule has 19 heavy (non-hydrogen) atoms. The fourth-order valence-electron chi connectivity index (χ4n) is 1.62. The summed E-state index contributed by atoms with van der Waals surface area (Å²) in [5.74, 6) is 1.61. The van der Waals surface area contributed by atoms with Gasteiger partial charge in [0.25, 0.3) is 0 Å². The van der Waals surface area contributed by atoms with Crippen LogP contribution in [0.25, 0.3) is 0 Å². The highest BCUT2D eigenvalue weighted by atomic mass is 35.5. The molecule has 1 aromatic heterocycles. The molecule has 0 aliphatic carbocycles. The molecule has 2 aromatic rings. The Balaban J connectivity index is 2.35. The summed E-state index contributed by atoms with van der Waals surface area (Å²) in [5.41, 5.74) is 2.00. The maximum absolute atomic E-state index is 6.01. The Hall–Kier alpha value is -1.32. The highest BCUT2D eigenvalue weighted by Gasteiger charge is 2.08. The van der Waals surface area contributed by atoms with Crippen molar-refractivity contribution in [2.24, 2.45) is 0 Å². The maximum atomic E-state index is 6.01. The lowest BCUT2D eigenvalue weighted by Crippen LogP contribution is -2.02. The smallest absolute Gasteiger partial charge is 0.135 e. The SMILES string of the molecule is Cc1ccc(Cl)cc1Nc1cc(Cl)nc(C(C)C)n1. The second kappa shape index (κ2) is 5.76. The summed E-state index contributed by atoms with van der Waals surface area (Å²) in [4.78, 5) is 8.65. The van der Waals surface area contributed by atoms with Crippen LogP contribution >= 0.6 is 23.2 Å². The van der Waals surface area contributed by atoms with Crippen molar-refractivity contribution >= 4 is 34.7 Å². The average Bonchev–Trinajstić information content (AvgIpc) is 2.33. The first-order valence-electron chi connectivity index (χ1n) is 6.03. The van der Waals surface area contributed by atoms with Crippen molar-refractivity contribution in [2.45, 2.75) is 26.7 Å². The third kappa shape index (κ3) is 3.58. The van der Waals surface area contributed by atoms with Gasteiger partial charge in [-0.1, -0.05) is 43.1 Å². The molecule has 0 saturated carbocycles. The van der Waals surface area contributed by atoms with Crippen LogP contribution in [0.3, 0.4) is 0 Å². The summed E-state index contributed by atoms with van der Waals surface area (Å²) >= 11 is 12.0. The van der Waals surface area contributed by atoms with Crippen LogP contribution in [0.2, 0.25) is 10.2 Å². The Kier molecular flexibility index (Phi) is 4.27. The highest BCUT2D eigenvalue weighted by Crippen LogP contribution is 2.25. The van der Waals surface area contributed by atoms with Crippen molar-refractivity contribution in [3.05, 3.63) is 45.8 Å². The number of aromatic nitrogens is 2. The summed E-state index contributed by atoms with van der Waals surface area (Å²) in [5, 5.41) is 4.34. The zero-order chi connectivity index (χ0) is 14.0. The van der Waals surface area contributed by atoms with Gasteiger partial charge in [-0.15, -0.1) is 0 Å². The fourth-order valence-corrected chi connectivity index (χ4v) is 1.99. The van der Waals surface area contributed by atoms with Gasteiger partial charge in [0.05, 0.1) is 0 Å². The van der Waals surface area contributed by atoms with Gasteiger partial charge in [-0.3, -0.25) is 0 Å². The zero-order valence-corrected chi connectivity index (χ0v) is 12.5. The predicted octanol–water partition coefficient (Wildman–Crippen LogP) is 4.96. The molecule has 0 radical (unpaired) electrons. The van der Waals surface area contributed by atoms with Gasteiger partial charge in [-0.25, -0.2) is 9.97 Å². The summed E-state index contributed by atoms with van der Waals surface area (Å²) < 4.78 is 0. The molecule has 0 amide bonds. The van der Waals surface area contributed by atoms with Crippen LogP contribution in [0.1, 0.15) is 31.2 Å². The van der Waals surface area contributed by atoms with Gasteiger partial charge in [0.15, 0.2) is 0 Å². The van der Waals surface area contributed by atoms with Crippen LogP contribution in [-0.2, 0) is 0 Å². The normalized spacial score (nSPS) is 10.8. The average molecular weight is 296 g/mol. The predicted molar refractivity (Wildman–Crippen MR) is 80.6 cm³/mol. The Morgan fingerprint density at radius 2 is 1.84 bits per heavy atom. The van der Waals surface area contributed by atoms with E-state index in [0.29, 0.717) is 16.0 Å². The lowest BCUT2D eigenvalue weighted by atomic mass is 10.2. The van der Waals surface area contributed by atoms with Crippen molar-refractivity contribution in [1.29, 1.82) is 0 Å². The molecule has 0 atom stereocenters. The minimum atomic E-state index is 0.222. The number of nitrogens with one attached hydrogen (secondary N) is 1. The van der Waals surface area contributed by atoms with E-state index >= 15 is 0 Å². The third-order valence-corrected chi connectivity index (χ3v) is 3.12. The topological polar surface area (TPSA) is 37.8 Å². The highest BCUT2D eigenvalue weighted by molar-refractivity contribution is 6.31. The number of benzene rings is 1. The second-order valence-electron chi connectivity index (χ2n) is 4.67. The monoisotopic (exact) mass is 295 g/mol. The molecular weight excluding hydrogens is 281 g/mol. The second-order valence-corrected chi connectivity index (χ2v) is 5.50. The van der Waals surface area contributed by atoms with Crippen molar-refractivity contribution < 1.29 is 0 Å². The largest absolute Gasteiger partial charge is 0.340 e. The van der Waals surface area contributed by atoms with Crippen LogP contribution in [0, 0.1) is 6.92 Å². The van der Waals surface area contributed by atoms with Crippen molar-refractivity contribution in [1.82, 2.24) is 9.97 Å². The molecule has 0 unspecified atom stereocenters. The number of hydrogen-bond donors (Lipinski definition) is 1. The van der Waals surface area contributed by atoms with Crippen LogP contribution in [-0.4, -0.2) is 9.97 Å². The molecule has 1 aromatic carbocycles. The van der Waals surface area contributed by atoms with E-state index in [2.05, 4.69) is 15.3 Å². The summed E-state index contributed by atoms with van der Waals surface area (Å²) in [6, 6.07) is 7.38. The van der Waals surface area contributed by atoms with Gasteiger partial charge < -0.3 is 5.32 Å². The quantitative estimate of drug-likeness (QED) is 0.813. The number of rotatable bonds is 3. The van der Waals surface area contributed by atoms with Gasteiger partial charge in [0.1, 0.15) is 16.8 Å². The van der Waals surface area contributed by atoms with Crippen molar-refractivity contribution in [3.8, 4) is 0 Å². The van der Waals surface area contributed by atoms with Gasteiger partial charge in [0.2, 0.25) is 0 Å². The molecule has 100 valence electrons. The molecule has 0 fully saturated rings. The van der Waals surface area contributed by atoms with E-state index < -0.39 is 0 Å². The molecule has 2 rings (SSSR count). The van der Waals surface area contributed by atoms with Crippen LogP contribution in [0.4, 0.5) is 11.5 Å². The maximum Gasteiger partial charge on any atom is 0.135 e. The van der Waals surface area contributed by atoms with Gasteiger partial charge >= 0.3 is 0 Å². The Bertz CT molecular complexity index is 597. The number of anilines is 2. The lowest BCUT2D eigenvalue weighted by Gasteiger charge is -2.11. The van der Waals surface area contributed by atoms with Crippen molar-refractivity contribution in [2.75, 3.05) is 5.32 Å². The molecule has 0 aliphatic rings. The number of halogens is 2. The van der Waals surface area contributed by atoms with E-state index in [1.54, 1.807) is 6.07 Å². The molecule has 1 heterocycles. The Labute approximate surface area is 123 Å². The minimum absolute atomic E-state index is 0.222. The first-order valence-corrected chi connectivity index (χ1v) is 6.79. The van der Waals surface area contributed by atoms with Crippen LogP contribution < -0.4 is 5.32 Å². The van der Waals surface area contributed by atoms with Crippen LogP contribution in [0.5, 0.6) is 0 Å². The summed E-state index contributed by atoms with van der Waals surface area (Å²) in [6.07, 6.45) is 0. The third-order valence-electron chi connectivity index (χ3n) is 2.69. The summed E-state index contributed by atoms with van der Waals surface area (Å²) in [6.45, 7) is 6.06. The van der Waals surface area contributed by atoms with Gasteiger partial charge in [-0.05, 0) is 24.6 Å². The standard InChI is InChI=1S/C14H15Cl2N3/c1-8(2)14-18-12(16)7-13(19-14)17-11-6-10(15)5-4-9(11)3/h4-8H,1-3H3,(H,17,18,19). The van der Waals surface area contributed by atoms with E-state index in [9.17, 15) is 0 Å². The van der Waals surface area contributed by atoms with E-state index in [0.717, 1.165) is 17.1 Å². The van der Waals surface area contributed by atoms with E-state index in [1.807, 2.05) is 39.0 Å². The first-order chi connectivity index (χ1) is 8.95. The molecular formula is C14H15Cl2N3. The summed E-state index contributed by atoms with van der Waals surface area (Å²) in [7, 11) is 0. The Morgan fingerprint density at radius 3 is 2.53 bits per heavy atom. The van der Waals surface area contributed by atoms with Crippen molar-refractivity contribution in [3.63, 3.8) is 0 Å². The first kappa shape index (κ1) is 14.1. The molecule has 3 nitrogen and oxygen atoms in total. The molecule has 0 aliphatic heterocycles. The van der Waals surface area contributed by atoms with E-state index in [-0.39, 0.29) is 5.92 Å². The molecule has 0 saturated heterocycles. The number of nitrogens with zero attached hydrogens (tertiary/aromatic N) is 2.